The summed E-state index contributed by atoms with van der Waals surface area (Å²) in [6, 6.07) is 6.05. The highest BCUT2D eigenvalue weighted by Gasteiger charge is 2.20. The van der Waals surface area contributed by atoms with Gasteiger partial charge >= 0.3 is 0 Å². The maximum absolute atomic E-state index is 12.0. The summed E-state index contributed by atoms with van der Waals surface area (Å²) in [7, 11) is 3.27. The molecule has 2 aliphatic heterocycles. The van der Waals surface area contributed by atoms with Crippen molar-refractivity contribution in [2.45, 2.75) is 12.5 Å². The van der Waals surface area contributed by atoms with Gasteiger partial charge in [-0.05, 0) is 23.8 Å². The Morgan fingerprint density at radius 2 is 2.43 bits per heavy atom. The molecule has 1 atom stereocenters. The Hall–Kier alpha value is -2.34. The minimum absolute atomic E-state index is 0.0656. The summed E-state index contributed by atoms with van der Waals surface area (Å²) in [5.41, 5.74) is 3.10. The van der Waals surface area contributed by atoms with Crippen molar-refractivity contribution >= 4 is 23.5 Å². The predicted octanol–water partition coefficient (Wildman–Crippen LogP) is 1.46. The number of methoxy groups -OCH3 is 1. The number of ether oxygens (including phenoxy) is 2. The van der Waals surface area contributed by atoms with E-state index < -0.39 is 0 Å². The first-order chi connectivity index (χ1) is 11.2. The number of likely N-dealkylation sites (N-methyl/N-ethyl adjacent to an activating group) is 1. The van der Waals surface area contributed by atoms with E-state index in [0.717, 1.165) is 30.0 Å². The number of anilines is 1. The summed E-state index contributed by atoms with van der Waals surface area (Å²) in [6.45, 7) is 1.49. The van der Waals surface area contributed by atoms with Crippen LogP contribution in [0.15, 0.2) is 29.3 Å². The van der Waals surface area contributed by atoms with E-state index in [1.54, 1.807) is 18.3 Å². The lowest BCUT2D eigenvalue weighted by Gasteiger charge is -2.24. The quantitative estimate of drug-likeness (QED) is 0.914. The number of benzene rings is 1. The topological polar surface area (TPSA) is 63.2 Å². The number of hydrogen-bond acceptors (Lipinski definition) is 5. The molecule has 1 N–H and O–H groups in total. The number of nitrogens with one attached hydrogen (secondary N) is 1. The lowest BCUT2D eigenvalue weighted by Crippen LogP contribution is -2.29. The maximum Gasteiger partial charge on any atom is 0.252 e. The number of aliphatic imine (C=N–C) groups is 1. The summed E-state index contributed by atoms with van der Waals surface area (Å²) in [5, 5.41) is 3.22. The number of rotatable bonds is 4. The third-order valence-electron chi connectivity index (χ3n) is 4.05. The second-order valence-corrected chi connectivity index (χ2v) is 5.62. The van der Waals surface area contributed by atoms with Crippen molar-refractivity contribution in [3.05, 3.63) is 29.8 Å². The van der Waals surface area contributed by atoms with Gasteiger partial charge in [-0.3, -0.25) is 9.79 Å². The van der Waals surface area contributed by atoms with E-state index in [4.69, 9.17) is 9.47 Å². The largest absolute Gasteiger partial charge is 0.493 e. The minimum atomic E-state index is -0.0828. The maximum atomic E-state index is 12.0. The van der Waals surface area contributed by atoms with Crippen molar-refractivity contribution in [2.24, 2.45) is 4.99 Å². The Morgan fingerprint density at radius 1 is 1.57 bits per heavy atom. The van der Waals surface area contributed by atoms with Gasteiger partial charge in [0.05, 0.1) is 25.5 Å². The van der Waals surface area contributed by atoms with Crippen LogP contribution in [0.1, 0.15) is 12.0 Å². The van der Waals surface area contributed by atoms with Crippen LogP contribution in [-0.4, -0.2) is 52.2 Å². The van der Waals surface area contributed by atoms with E-state index in [2.05, 4.69) is 16.4 Å². The number of nitrogens with zero attached hydrogens (tertiary/aromatic N) is 2. The highest BCUT2D eigenvalue weighted by atomic mass is 16.5. The number of carbonyl (C=O) groups excluding carboxylic acids is 1. The smallest absolute Gasteiger partial charge is 0.252 e. The van der Waals surface area contributed by atoms with Gasteiger partial charge in [-0.1, -0.05) is 6.08 Å². The molecule has 0 fully saturated rings. The molecule has 0 radical (unpaired) electrons. The van der Waals surface area contributed by atoms with E-state index >= 15 is 0 Å². The van der Waals surface area contributed by atoms with Crippen molar-refractivity contribution in [2.75, 3.05) is 38.8 Å². The fourth-order valence-electron chi connectivity index (χ4n) is 2.76. The van der Waals surface area contributed by atoms with E-state index in [1.165, 1.54) is 12.7 Å². The normalized spacial score (nSPS) is 20.8. The second-order valence-electron chi connectivity index (χ2n) is 5.62. The van der Waals surface area contributed by atoms with Crippen LogP contribution in [0.2, 0.25) is 0 Å². The molecule has 6 nitrogen and oxygen atoms in total. The van der Waals surface area contributed by atoms with Crippen LogP contribution in [0.5, 0.6) is 5.75 Å². The van der Waals surface area contributed by atoms with E-state index in [9.17, 15) is 4.79 Å². The van der Waals surface area contributed by atoms with Crippen LogP contribution in [0, 0.1) is 0 Å². The van der Waals surface area contributed by atoms with Crippen LogP contribution in [0.4, 0.5) is 5.69 Å². The molecule has 3 rings (SSSR count). The molecule has 0 saturated carbocycles. The monoisotopic (exact) mass is 315 g/mol. The van der Waals surface area contributed by atoms with E-state index in [0.29, 0.717) is 6.61 Å². The Morgan fingerprint density at radius 3 is 3.17 bits per heavy atom. The first-order valence-corrected chi connectivity index (χ1v) is 7.67. The van der Waals surface area contributed by atoms with Crippen molar-refractivity contribution in [1.29, 1.82) is 0 Å². The summed E-state index contributed by atoms with van der Waals surface area (Å²) in [6.07, 6.45) is 4.80. The molecule has 0 aliphatic carbocycles. The average Bonchev–Trinajstić information content (AvgIpc) is 3.07. The van der Waals surface area contributed by atoms with Gasteiger partial charge in [-0.2, -0.15) is 0 Å². The van der Waals surface area contributed by atoms with Gasteiger partial charge in [0.15, 0.2) is 0 Å². The molecule has 122 valence electrons. The standard InChI is InChI=1S/C17H21N3O3/c1-20(17(21)10-22-2)14-3-4-16-15(8-14)12(5-6-23-16)7-13-9-18-11-19-13/h3-4,7-8,11,13H,5-6,9-10H2,1-2H3,(H,18,19)/b12-7+. The summed E-state index contributed by atoms with van der Waals surface area (Å²) in [5.74, 6) is 0.776. The highest BCUT2D eigenvalue weighted by molar-refractivity contribution is 5.94. The van der Waals surface area contributed by atoms with Crippen LogP contribution in [-0.2, 0) is 9.53 Å². The third kappa shape index (κ3) is 3.37. The zero-order valence-corrected chi connectivity index (χ0v) is 13.4. The van der Waals surface area contributed by atoms with Gasteiger partial charge in [0.1, 0.15) is 12.4 Å². The number of carbonyl (C=O) groups is 1. The molecule has 0 saturated heterocycles. The third-order valence-corrected chi connectivity index (χ3v) is 4.05. The molecular formula is C17H21N3O3. The summed E-state index contributed by atoms with van der Waals surface area (Å²) in [4.78, 5) is 17.8. The van der Waals surface area contributed by atoms with E-state index in [-0.39, 0.29) is 18.6 Å². The molecule has 1 aromatic carbocycles. The highest BCUT2D eigenvalue weighted by Crippen LogP contribution is 2.36. The number of fused-ring (bicyclic) bond motifs is 1. The van der Waals surface area contributed by atoms with Crippen molar-refractivity contribution in [1.82, 2.24) is 5.32 Å². The number of amides is 1. The Balaban J connectivity index is 1.88. The Kier molecular flexibility index (Phi) is 4.62. The second kappa shape index (κ2) is 6.83. The molecule has 0 bridgehead atoms. The van der Waals surface area contributed by atoms with Crippen LogP contribution >= 0.6 is 0 Å². The van der Waals surface area contributed by atoms with Crippen LogP contribution < -0.4 is 15.0 Å². The fourth-order valence-corrected chi connectivity index (χ4v) is 2.76. The first-order valence-electron chi connectivity index (χ1n) is 7.67. The zero-order valence-electron chi connectivity index (χ0n) is 13.4. The molecule has 2 heterocycles. The lowest BCUT2D eigenvalue weighted by atomic mass is 9.97. The van der Waals surface area contributed by atoms with Crippen molar-refractivity contribution in [3.63, 3.8) is 0 Å². The molecule has 1 unspecified atom stereocenters. The lowest BCUT2D eigenvalue weighted by molar-refractivity contribution is -0.121. The molecule has 2 aliphatic rings. The fraction of sp³-hybridized carbons (Fsp3) is 0.412. The Bertz CT molecular complexity index is 646. The minimum Gasteiger partial charge on any atom is -0.493 e. The molecule has 0 aromatic heterocycles. The van der Waals surface area contributed by atoms with Crippen molar-refractivity contribution in [3.8, 4) is 5.75 Å². The molecular weight excluding hydrogens is 294 g/mol. The number of hydrogen-bond donors (Lipinski definition) is 1. The summed E-state index contributed by atoms with van der Waals surface area (Å²) < 4.78 is 10.7. The molecule has 23 heavy (non-hydrogen) atoms. The average molecular weight is 315 g/mol. The van der Waals surface area contributed by atoms with Gasteiger partial charge in [0.2, 0.25) is 0 Å². The Labute approximate surface area is 135 Å². The van der Waals surface area contributed by atoms with E-state index in [1.807, 2.05) is 18.2 Å². The SMILES string of the molecule is COCC(=O)N(C)c1ccc2c(c1)/C(=C/C1CN=CN1)CCO2. The summed E-state index contributed by atoms with van der Waals surface area (Å²) >= 11 is 0. The molecule has 1 aromatic rings. The molecule has 0 spiro atoms. The van der Waals surface area contributed by atoms with Gasteiger partial charge < -0.3 is 19.7 Å². The predicted molar refractivity (Wildman–Crippen MR) is 90.1 cm³/mol. The first kappa shape index (κ1) is 15.6. The van der Waals surface area contributed by atoms with Gasteiger partial charge in [0.25, 0.3) is 5.91 Å². The van der Waals surface area contributed by atoms with Gasteiger partial charge in [-0.25, -0.2) is 0 Å². The van der Waals surface area contributed by atoms with Gasteiger partial charge in [-0.15, -0.1) is 0 Å². The van der Waals surface area contributed by atoms with Crippen LogP contribution in [0.25, 0.3) is 5.57 Å². The van der Waals surface area contributed by atoms with Crippen LogP contribution in [0.3, 0.4) is 0 Å². The molecule has 6 heteroatoms. The van der Waals surface area contributed by atoms with Crippen molar-refractivity contribution < 1.29 is 14.3 Å². The zero-order chi connectivity index (χ0) is 16.2. The van der Waals surface area contributed by atoms with Gasteiger partial charge in [0, 0.05) is 31.8 Å². The molecule has 1 amide bonds.